The highest BCUT2D eigenvalue weighted by atomic mass is 19.1. The Bertz CT molecular complexity index is 361. The van der Waals surface area contributed by atoms with Gasteiger partial charge in [0.15, 0.2) is 0 Å². The van der Waals surface area contributed by atoms with E-state index in [0.717, 1.165) is 12.8 Å². The molecule has 2 nitrogen and oxygen atoms in total. The number of halogens is 1. The minimum atomic E-state index is -0.320. The van der Waals surface area contributed by atoms with Crippen molar-refractivity contribution >= 4 is 5.91 Å². The van der Waals surface area contributed by atoms with Crippen molar-refractivity contribution in [3.63, 3.8) is 0 Å². The highest BCUT2D eigenvalue weighted by Crippen LogP contribution is 2.07. The molecule has 3 heteroatoms. The van der Waals surface area contributed by atoms with Gasteiger partial charge in [-0.2, -0.15) is 0 Å². The van der Waals surface area contributed by atoms with E-state index in [-0.39, 0.29) is 17.8 Å². The minimum Gasteiger partial charge on any atom is -0.350 e. The number of rotatable bonds is 7. The van der Waals surface area contributed by atoms with Crippen molar-refractivity contribution < 1.29 is 9.18 Å². The van der Waals surface area contributed by atoms with E-state index < -0.39 is 0 Å². The number of unbranched alkanes of at least 4 members (excludes halogenated alkanes) is 3. The molecule has 0 bridgehead atoms. The number of hydrogen-bond acceptors (Lipinski definition) is 1. The summed E-state index contributed by atoms with van der Waals surface area (Å²) in [4.78, 5) is 11.8. The first-order chi connectivity index (χ1) is 8.63. The highest BCUT2D eigenvalue weighted by Gasteiger charge is 2.09. The Hall–Kier alpha value is -1.38. The van der Waals surface area contributed by atoms with Gasteiger partial charge in [-0.15, -0.1) is 0 Å². The lowest BCUT2D eigenvalue weighted by atomic mass is 10.1. The second-order valence-electron chi connectivity index (χ2n) is 4.73. The molecule has 100 valence electrons. The predicted octanol–water partition coefficient (Wildman–Crippen LogP) is 3.91. The summed E-state index contributed by atoms with van der Waals surface area (Å²) in [5, 5.41) is 2.93. The molecule has 0 radical (unpaired) electrons. The summed E-state index contributed by atoms with van der Waals surface area (Å²) in [5.41, 5.74) is 0.511. The number of amides is 1. The minimum absolute atomic E-state index is 0.127. The van der Waals surface area contributed by atoms with E-state index >= 15 is 0 Å². The number of carbonyl (C=O) groups is 1. The van der Waals surface area contributed by atoms with Crippen LogP contribution in [0.5, 0.6) is 0 Å². The molecular weight excluding hydrogens is 229 g/mol. The molecule has 1 atom stereocenters. The lowest BCUT2D eigenvalue weighted by Gasteiger charge is -2.13. The summed E-state index contributed by atoms with van der Waals surface area (Å²) in [6.45, 7) is 4.19. The molecule has 0 spiro atoms. The van der Waals surface area contributed by atoms with Gasteiger partial charge in [0.2, 0.25) is 0 Å². The molecule has 1 N–H and O–H groups in total. The number of benzene rings is 1. The zero-order chi connectivity index (χ0) is 13.4. The molecule has 18 heavy (non-hydrogen) atoms. The van der Waals surface area contributed by atoms with Crippen LogP contribution in [0.3, 0.4) is 0 Å². The van der Waals surface area contributed by atoms with Crippen molar-refractivity contribution in [3.05, 3.63) is 35.6 Å². The molecule has 0 heterocycles. The molecular formula is C15H22FNO. The molecule has 1 amide bonds. The van der Waals surface area contributed by atoms with Crippen LogP contribution >= 0.6 is 0 Å². The summed E-state index contributed by atoms with van der Waals surface area (Å²) in [6, 6.07) is 5.80. The summed E-state index contributed by atoms with van der Waals surface area (Å²) >= 11 is 0. The standard InChI is InChI=1S/C15H22FNO/c1-3-4-5-6-7-12(2)17-15(18)13-8-10-14(16)11-9-13/h8-12H,3-7H2,1-2H3,(H,17,18). The van der Waals surface area contributed by atoms with E-state index in [1.165, 1.54) is 43.5 Å². The Balaban J connectivity index is 2.33. The Labute approximate surface area is 109 Å². The first-order valence-corrected chi connectivity index (χ1v) is 6.70. The summed E-state index contributed by atoms with van der Waals surface area (Å²) in [6.07, 6.45) is 5.81. The van der Waals surface area contributed by atoms with Gasteiger partial charge in [-0.25, -0.2) is 4.39 Å². The van der Waals surface area contributed by atoms with E-state index in [4.69, 9.17) is 0 Å². The van der Waals surface area contributed by atoms with E-state index in [1.807, 2.05) is 6.92 Å². The van der Waals surface area contributed by atoms with Crippen LogP contribution in [0.15, 0.2) is 24.3 Å². The van der Waals surface area contributed by atoms with Crippen LogP contribution in [0, 0.1) is 5.82 Å². The Morgan fingerprint density at radius 2 is 1.89 bits per heavy atom. The van der Waals surface area contributed by atoms with Crippen LogP contribution in [-0.2, 0) is 0 Å². The fourth-order valence-corrected chi connectivity index (χ4v) is 1.86. The molecule has 0 aliphatic rings. The van der Waals surface area contributed by atoms with Gasteiger partial charge in [-0.1, -0.05) is 32.6 Å². The number of carbonyl (C=O) groups excluding carboxylic acids is 1. The van der Waals surface area contributed by atoms with Gasteiger partial charge in [0.05, 0.1) is 0 Å². The quantitative estimate of drug-likeness (QED) is 0.731. The normalized spacial score (nSPS) is 12.2. The van der Waals surface area contributed by atoms with Crippen LogP contribution in [0.4, 0.5) is 4.39 Å². The zero-order valence-electron chi connectivity index (χ0n) is 11.2. The first kappa shape index (κ1) is 14.7. The largest absolute Gasteiger partial charge is 0.350 e. The van der Waals surface area contributed by atoms with Crippen LogP contribution in [-0.4, -0.2) is 11.9 Å². The molecule has 0 saturated carbocycles. The van der Waals surface area contributed by atoms with Crippen molar-refractivity contribution in [1.82, 2.24) is 5.32 Å². The molecule has 0 aromatic heterocycles. The number of nitrogens with one attached hydrogen (secondary N) is 1. The molecule has 1 aromatic rings. The molecule has 1 aromatic carbocycles. The van der Waals surface area contributed by atoms with Crippen LogP contribution in [0.2, 0.25) is 0 Å². The fourth-order valence-electron chi connectivity index (χ4n) is 1.86. The van der Waals surface area contributed by atoms with Crippen molar-refractivity contribution in [1.29, 1.82) is 0 Å². The zero-order valence-corrected chi connectivity index (χ0v) is 11.2. The predicted molar refractivity (Wildman–Crippen MR) is 72.1 cm³/mol. The maximum absolute atomic E-state index is 12.7. The van der Waals surface area contributed by atoms with Gasteiger partial charge in [-0.3, -0.25) is 4.79 Å². The van der Waals surface area contributed by atoms with Gasteiger partial charge < -0.3 is 5.32 Å². The fraction of sp³-hybridized carbons (Fsp3) is 0.533. The first-order valence-electron chi connectivity index (χ1n) is 6.70. The average Bonchev–Trinajstić information content (AvgIpc) is 2.35. The van der Waals surface area contributed by atoms with E-state index in [1.54, 1.807) is 0 Å². The third-order valence-electron chi connectivity index (χ3n) is 2.97. The van der Waals surface area contributed by atoms with Gasteiger partial charge in [-0.05, 0) is 37.6 Å². The Morgan fingerprint density at radius 1 is 1.22 bits per heavy atom. The average molecular weight is 251 g/mol. The van der Waals surface area contributed by atoms with Crippen LogP contribution in [0.1, 0.15) is 56.3 Å². The lowest BCUT2D eigenvalue weighted by Crippen LogP contribution is -2.32. The molecule has 1 unspecified atom stereocenters. The molecule has 0 aliphatic heterocycles. The number of hydrogen-bond donors (Lipinski definition) is 1. The maximum atomic E-state index is 12.7. The third-order valence-corrected chi connectivity index (χ3v) is 2.97. The highest BCUT2D eigenvalue weighted by molar-refractivity contribution is 5.94. The second kappa shape index (κ2) is 7.85. The van der Waals surface area contributed by atoms with E-state index in [0.29, 0.717) is 5.56 Å². The maximum Gasteiger partial charge on any atom is 0.251 e. The van der Waals surface area contributed by atoms with Gasteiger partial charge >= 0.3 is 0 Å². The molecule has 1 rings (SSSR count). The van der Waals surface area contributed by atoms with E-state index in [9.17, 15) is 9.18 Å². The molecule has 0 saturated heterocycles. The van der Waals surface area contributed by atoms with E-state index in [2.05, 4.69) is 12.2 Å². The second-order valence-corrected chi connectivity index (χ2v) is 4.73. The van der Waals surface area contributed by atoms with Crippen molar-refractivity contribution in [2.75, 3.05) is 0 Å². The monoisotopic (exact) mass is 251 g/mol. The topological polar surface area (TPSA) is 29.1 Å². The third kappa shape index (κ3) is 5.30. The van der Waals surface area contributed by atoms with Crippen molar-refractivity contribution in [2.45, 2.75) is 52.0 Å². The van der Waals surface area contributed by atoms with Crippen LogP contribution < -0.4 is 5.32 Å². The smallest absolute Gasteiger partial charge is 0.251 e. The lowest BCUT2D eigenvalue weighted by molar-refractivity contribution is 0.0938. The summed E-state index contributed by atoms with van der Waals surface area (Å²) < 4.78 is 12.7. The van der Waals surface area contributed by atoms with Crippen molar-refractivity contribution in [2.24, 2.45) is 0 Å². The molecule has 0 fully saturated rings. The summed E-state index contributed by atoms with van der Waals surface area (Å²) in [7, 11) is 0. The SMILES string of the molecule is CCCCCCC(C)NC(=O)c1ccc(F)cc1. The van der Waals surface area contributed by atoms with Gasteiger partial charge in [0, 0.05) is 11.6 Å². The van der Waals surface area contributed by atoms with Crippen LogP contribution in [0.25, 0.3) is 0 Å². The summed E-state index contributed by atoms with van der Waals surface area (Å²) in [5.74, 6) is -0.447. The Kier molecular flexibility index (Phi) is 6.40. The van der Waals surface area contributed by atoms with Gasteiger partial charge in [0.25, 0.3) is 5.91 Å². The molecule has 0 aliphatic carbocycles. The van der Waals surface area contributed by atoms with Gasteiger partial charge in [0.1, 0.15) is 5.82 Å². The van der Waals surface area contributed by atoms with Crippen molar-refractivity contribution in [3.8, 4) is 0 Å². The Morgan fingerprint density at radius 3 is 2.50 bits per heavy atom.